The Morgan fingerprint density at radius 2 is 1.79 bits per heavy atom. The SMILES string of the molecule is CNCc1cc(OCc2cc(F)c(F)cc2F)n(Cc2ccccc2C#N)n1.Cl. The van der Waals surface area contributed by atoms with E-state index < -0.39 is 17.5 Å². The zero-order valence-electron chi connectivity index (χ0n) is 15.5. The van der Waals surface area contributed by atoms with E-state index in [9.17, 15) is 18.4 Å². The van der Waals surface area contributed by atoms with Crippen molar-refractivity contribution < 1.29 is 17.9 Å². The summed E-state index contributed by atoms with van der Waals surface area (Å²) in [7, 11) is 1.77. The molecule has 0 bridgehead atoms. The fourth-order valence-corrected chi connectivity index (χ4v) is 2.70. The van der Waals surface area contributed by atoms with Crippen molar-refractivity contribution in [2.24, 2.45) is 0 Å². The molecule has 152 valence electrons. The number of ether oxygens (including phenoxy) is 1. The third-order valence-corrected chi connectivity index (χ3v) is 4.07. The van der Waals surface area contributed by atoms with Gasteiger partial charge in [0.05, 0.1) is 23.9 Å². The summed E-state index contributed by atoms with van der Waals surface area (Å²) in [5.41, 5.74) is 1.82. The molecular formula is C20H18ClF3N4O. The van der Waals surface area contributed by atoms with Crippen molar-refractivity contribution in [1.82, 2.24) is 15.1 Å². The van der Waals surface area contributed by atoms with Gasteiger partial charge in [-0.15, -0.1) is 12.4 Å². The van der Waals surface area contributed by atoms with Gasteiger partial charge < -0.3 is 10.1 Å². The number of nitrogens with one attached hydrogen (secondary N) is 1. The van der Waals surface area contributed by atoms with E-state index in [-0.39, 0.29) is 31.1 Å². The van der Waals surface area contributed by atoms with Gasteiger partial charge in [-0.2, -0.15) is 10.4 Å². The van der Waals surface area contributed by atoms with Crippen LogP contribution in [0.3, 0.4) is 0 Å². The molecule has 9 heteroatoms. The van der Waals surface area contributed by atoms with Crippen molar-refractivity contribution in [3.63, 3.8) is 0 Å². The normalized spacial score (nSPS) is 10.3. The molecular weight excluding hydrogens is 405 g/mol. The molecule has 3 rings (SSSR count). The number of hydrogen-bond acceptors (Lipinski definition) is 4. The smallest absolute Gasteiger partial charge is 0.212 e. The van der Waals surface area contributed by atoms with Gasteiger partial charge in [-0.05, 0) is 24.7 Å². The van der Waals surface area contributed by atoms with E-state index in [1.165, 1.54) is 0 Å². The largest absolute Gasteiger partial charge is 0.473 e. The predicted octanol–water partition coefficient (Wildman–Crippen LogP) is 3.94. The summed E-state index contributed by atoms with van der Waals surface area (Å²) in [6.45, 7) is 0.444. The van der Waals surface area contributed by atoms with E-state index in [2.05, 4.69) is 16.5 Å². The van der Waals surface area contributed by atoms with Gasteiger partial charge in [-0.25, -0.2) is 17.9 Å². The lowest BCUT2D eigenvalue weighted by molar-refractivity contribution is 0.269. The molecule has 1 aromatic heterocycles. The van der Waals surface area contributed by atoms with E-state index in [1.54, 1.807) is 36.0 Å². The molecule has 0 amide bonds. The molecule has 0 radical (unpaired) electrons. The van der Waals surface area contributed by atoms with Crippen molar-refractivity contribution in [3.8, 4) is 11.9 Å². The maximum Gasteiger partial charge on any atom is 0.212 e. The minimum absolute atomic E-state index is 0. The summed E-state index contributed by atoms with van der Waals surface area (Å²) in [6.07, 6.45) is 0. The van der Waals surface area contributed by atoms with Crippen LogP contribution in [0, 0.1) is 28.8 Å². The molecule has 29 heavy (non-hydrogen) atoms. The molecule has 0 saturated heterocycles. The Labute approximate surface area is 172 Å². The molecule has 0 unspecified atom stereocenters. The summed E-state index contributed by atoms with van der Waals surface area (Å²) in [6, 6.07) is 12.1. The Balaban J connectivity index is 0.00000300. The Kier molecular flexibility index (Phi) is 7.65. The van der Waals surface area contributed by atoms with Crippen LogP contribution in [0.15, 0.2) is 42.5 Å². The molecule has 0 fully saturated rings. The molecule has 0 saturated carbocycles. The second-order valence-corrected chi connectivity index (χ2v) is 6.08. The fraction of sp³-hybridized carbons (Fsp3) is 0.200. The summed E-state index contributed by atoms with van der Waals surface area (Å²) < 4.78 is 47.5. The van der Waals surface area contributed by atoms with Crippen LogP contribution < -0.4 is 10.1 Å². The lowest BCUT2D eigenvalue weighted by Gasteiger charge is -2.11. The average Bonchev–Trinajstić information content (AvgIpc) is 3.05. The number of halogens is 4. The quantitative estimate of drug-likeness (QED) is 0.586. The lowest BCUT2D eigenvalue weighted by Crippen LogP contribution is -2.10. The van der Waals surface area contributed by atoms with E-state index in [0.717, 1.165) is 11.6 Å². The molecule has 3 aromatic rings. The van der Waals surface area contributed by atoms with Crippen molar-refractivity contribution in [2.75, 3.05) is 7.05 Å². The van der Waals surface area contributed by atoms with E-state index in [0.29, 0.717) is 29.7 Å². The molecule has 1 N–H and O–H groups in total. The highest BCUT2D eigenvalue weighted by atomic mass is 35.5. The Bertz CT molecular complexity index is 1030. The molecule has 2 aromatic carbocycles. The first-order valence-electron chi connectivity index (χ1n) is 8.47. The Hall–Kier alpha value is -3.02. The predicted molar refractivity (Wildman–Crippen MR) is 103 cm³/mol. The summed E-state index contributed by atoms with van der Waals surface area (Å²) in [5, 5.41) is 16.7. The zero-order chi connectivity index (χ0) is 20.1. The number of hydrogen-bond donors (Lipinski definition) is 1. The van der Waals surface area contributed by atoms with Crippen LogP contribution in [0.25, 0.3) is 0 Å². The molecule has 0 atom stereocenters. The molecule has 0 spiro atoms. The third kappa shape index (κ3) is 5.28. The van der Waals surface area contributed by atoms with Gasteiger partial charge in [0.25, 0.3) is 0 Å². The van der Waals surface area contributed by atoms with E-state index >= 15 is 0 Å². The molecule has 0 aliphatic rings. The minimum Gasteiger partial charge on any atom is -0.473 e. The van der Waals surface area contributed by atoms with E-state index in [1.807, 2.05) is 6.07 Å². The summed E-state index contributed by atoms with van der Waals surface area (Å²) >= 11 is 0. The first kappa shape index (κ1) is 22.3. The number of nitrogens with zero attached hydrogens (tertiary/aromatic N) is 3. The van der Waals surface area contributed by atoms with Crippen LogP contribution in [-0.4, -0.2) is 16.8 Å². The number of benzene rings is 2. The first-order chi connectivity index (χ1) is 13.5. The van der Waals surface area contributed by atoms with Crippen molar-refractivity contribution in [1.29, 1.82) is 5.26 Å². The maximum absolute atomic E-state index is 13.9. The molecule has 5 nitrogen and oxygen atoms in total. The fourth-order valence-electron chi connectivity index (χ4n) is 2.70. The number of rotatable bonds is 7. The highest BCUT2D eigenvalue weighted by molar-refractivity contribution is 5.85. The van der Waals surface area contributed by atoms with Gasteiger partial charge in [0, 0.05) is 24.2 Å². The highest BCUT2D eigenvalue weighted by Crippen LogP contribution is 2.21. The van der Waals surface area contributed by atoms with Gasteiger partial charge >= 0.3 is 0 Å². The maximum atomic E-state index is 13.9. The van der Waals surface area contributed by atoms with Gasteiger partial charge in [-0.3, -0.25) is 0 Å². The van der Waals surface area contributed by atoms with Crippen LogP contribution >= 0.6 is 12.4 Å². The topological polar surface area (TPSA) is 62.9 Å². The standard InChI is InChI=1S/C20H17F3N4O.ClH/c1-25-10-16-7-20(28-12-15-6-18(22)19(23)8-17(15)21)27(26-16)11-14-5-3-2-4-13(14)9-24;/h2-8,25H,10-12H2,1H3;1H. The number of nitriles is 1. The van der Waals surface area contributed by atoms with Crippen molar-refractivity contribution in [3.05, 3.63) is 82.3 Å². The molecule has 1 heterocycles. The zero-order valence-corrected chi connectivity index (χ0v) is 16.3. The Morgan fingerprint density at radius 1 is 1.07 bits per heavy atom. The highest BCUT2D eigenvalue weighted by Gasteiger charge is 2.14. The molecule has 0 aliphatic heterocycles. The van der Waals surface area contributed by atoms with Crippen LogP contribution in [0.2, 0.25) is 0 Å². The lowest BCUT2D eigenvalue weighted by atomic mass is 10.1. The van der Waals surface area contributed by atoms with Gasteiger partial charge in [0.1, 0.15) is 12.4 Å². The van der Waals surface area contributed by atoms with Gasteiger partial charge in [0.2, 0.25) is 5.88 Å². The van der Waals surface area contributed by atoms with Gasteiger partial charge in [-0.1, -0.05) is 18.2 Å². The van der Waals surface area contributed by atoms with Crippen LogP contribution in [0.5, 0.6) is 5.88 Å². The first-order valence-corrected chi connectivity index (χ1v) is 8.47. The minimum atomic E-state index is -1.25. The summed E-state index contributed by atoms with van der Waals surface area (Å²) in [5.74, 6) is -2.97. The van der Waals surface area contributed by atoms with Gasteiger partial charge in [0.15, 0.2) is 11.6 Å². The second kappa shape index (κ2) is 9.96. The average molecular weight is 423 g/mol. The Morgan fingerprint density at radius 3 is 2.52 bits per heavy atom. The summed E-state index contributed by atoms with van der Waals surface area (Å²) in [4.78, 5) is 0. The van der Waals surface area contributed by atoms with Crippen molar-refractivity contribution in [2.45, 2.75) is 19.7 Å². The van der Waals surface area contributed by atoms with Crippen LogP contribution in [0.1, 0.15) is 22.4 Å². The number of aromatic nitrogens is 2. The van der Waals surface area contributed by atoms with E-state index in [4.69, 9.17) is 4.74 Å². The second-order valence-electron chi connectivity index (χ2n) is 6.08. The van der Waals surface area contributed by atoms with Crippen LogP contribution in [-0.2, 0) is 19.7 Å². The van der Waals surface area contributed by atoms with Crippen molar-refractivity contribution >= 4 is 12.4 Å². The van der Waals surface area contributed by atoms with Crippen LogP contribution in [0.4, 0.5) is 13.2 Å². The molecule has 0 aliphatic carbocycles. The third-order valence-electron chi connectivity index (χ3n) is 4.07. The monoisotopic (exact) mass is 422 g/mol.